The average Bonchev–Trinajstić information content (AvgIpc) is 3.27. The second-order valence-electron chi connectivity index (χ2n) is 11.4. The summed E-state index contributed by atoms with van der Waals surface area (Å²) in [5.74, 6) is -5.25. The van der Waals surface area contributed by atoms with Gasteiger partial charge in [-0.25, -0.2) is 8.78 Å². The molecular formula is C41H40F5N3O3S. The van der Waals surface area contributed by atoms with Gasteiger partial charge in [0.15, 0.2) is 17.1 Å². The maximum Gasteiger partial charge on any atom is 0.416 e. The summed E-state index contributed by atoms with van der Waals surface area (Å²) in [6, 6.07) is 2.91. The molecular weight excluding hydrogens is 710 g/mol. The number of aromatic nitrogens is 1. The van der Waals surface area contributed by atoms with Crippen molar-refractivity contribution in [3.8, 4) is 11.1 Å². The molecule has 6 rings (SSSR count). The monoisotopic (exact) mass is 767 g/mol. The van der Waals surface area contributed by atoms with Crippen LogP contribution in [-0.2, 0) is 34.5 Å². The molecule has 1 aromatic heterocycles. The lowest BCUT2D eigenvalue weighted by atomic mass is 10.00. The van der Waals surface area contributed by atoms with Gasteiger partial charge >= 0.3 is 6.18 Å². The second-order valence-corrected chi connectivity index (χ2v) is 12.4. The van der Waals surface area contributed by atoms with Crippen molar-refractivity contribution in [2.45, 2.75) is 55.7 Å². The molecule has 0 bridgehead atoms. The summed E-state index contributed by atoms with van der Waals surface area (Å²) in [6.45, 7) is -14.5. The molecule has 12 heteroatoms. The van der Waals surface area contributed by atoms with Crippen molar-refractivity contribution in [1.82, 2.24) is 14.4 Å². The Kier molecular flexibility index (Phi) is 6.72. The molecule has 1 aliphatic rings. The smallest absolute Gasteiger partial charge is 0.383 e. The van der Waals surface area contributed by atoms with E-state index in [1.165, 1.54) is 6.92 Å². The number of fused-ring (bicyclic) bond motifs is 1. The maximum absolute atomic E-state index is 15.5. The molecule has 5 aromatic rings. The third-order valence-corrected chi connectivity index (χ3v) is 8.80. The number of hydrogen-bond donors (Lipinski definition) is 0. The van der Waals surface area contributed by atoms with Crippen LogP contribution in [0.5, 0.6) is 0 Å². The molecule has 1 aliphatic heterocycles. The van der Waals surface area contributed by atoms with E-state index in [9.17, 15) is 36.3 Å². The number of nitrogens with zero attached hydrogens (tertiary/aromatic N) is 3. The fraction of sp³-hybridized carbons (Fsp3) is 0.317. The number of thioether (sulfide) groups is 1. The summed E-state index contributed by atoms with van der Waals surface area (Å²) in [4.78, 5) is 28.8. The Bertz CT molecular complexity index is 2930. The topological polar surface area (TPSA) is 54.8 Å². The number of carbonyl (C=O) groups excluding carboxylic acids is 1. The van der Waals surface area contributed by atoms with Crippen LogP contribution in [0.25, 0.3) is 22.0 Å². The van der Waals surface area contributed by atoms with E-state index in [-0.39, 0.29) is 27.2 Å². The first-order chi connectivity index (χ1) is 32.4. The van der Waals surface area contributed by atoms with Gasteiger partial charge in [-0.2, -0.15) is 13.2 Å². The van der Waals surface area contributed by atoms with E-state index in [0.29, 0.717) is 16.3 Å². The molecule has 0 radical (unpaired) electrons. The lowest BCUT2D eigenvalue weighted by Gasteiger charge is -2.39. The number of ether oxygens (including phenoxy) is 1. The van der Waals surface area contributed by atoms with Gasteiger partial charge in [-0.15, -0.1) is 11.8 Å². The predicted octanol–water partition coefficient (Wildman–Crippen LogP) is 8.71. The Morgan fingerprint density at radius 1 is 1.06 bits per heavy atom. The van der Waals surface area contributed by atoms with E-state index >= 15 is 4.79 Å². The molecule has 0 saturated carbocycles. The highest BCUT2D eigenvalue weighted by atomic mass is 32.2. The number of halogens is 5. The van der Waals surface area contributed by atoms with Crippen molar-refractivity contribution in [3.63, 3.8) is 0 Å². The van der Waals surface area contributed by atoms with Gasteiger partial charge < -0.3 is 19.1 Å². The van der Waals surface area contributed by atoms with Crippen LogP contribution in [0.15, 0.2) is 101 Å². The van der Waals surface area contributed by atoms with Crippen molar-refractivity contribution in [3.05, 3.63) is 135 Å². The van der Waals surface area contributed by atoms with E-state index in [4.69, 9.17) is 15.1 Å². The molecule has 1 fully saturated rings. The third-order valence-electron chi connectivity index (χ3n) is 7.75. The molecule has 0 unspecified atom stereocenters. The van der Waals surface area contributed by atoms with Crippen molar-refractivity contribution >= 4 is 28.6 Å². The van der Waals surface area contributed by atoms with Crippen LogP contribution in [-0.4, -0.2) is 59.5 Å². The Morgan fingerprint density at radius 2 is 1.75 bits per heavy atom. The minimum atomic E-state index is -4.71. The number of carbonyl (C=O) groups is 1. The standard InChI is InChI=1S/C41H40F5N3O3S/c1-27-6-15-34-36(22-27)49(39(23-37(34)50)53-26-31-4-3-5-35(42)40(31)43)25-38(51)48(33-16-18-47(19-17-33)20-21-52-2)24-28-7-9-29(10-8-28)30-11-13-32(14-12-30)41(44,45)46/h3-15,22-23,33H,16-21,24-26H2,1-2H3/i2D3,6D,15D,16D2,17D2,18D2,19D2,22D,23D,24D2,33D. The fourth-order valence-corrected chi connectivity index (χ4v) is 6.07. The second kappa shape index (κ2) is 16.7. The van der Waals surface area contributed by atoms with E-state index < -0.39 is 156 Å². The number of methoxy groups -OCH3 is 1. The average molecular weight is 768 g/mol. The third kappa shape index (κ3) is 9.17. The van der Waals surface area contributed by atoms with Gasteiger partial charge in [0.2, 0.25) is 5.91 Å². The van der Waals surface area contributed by atoms with Gasteiger partial charge in [-0.3, -0.25) is 9.59 Å². The zero-order valence-corrected chi connectivity index (χ0v) is 28.4. The first-order valence-corrected chi connectivity index (χ1v) is 16.6. The largest absolute Gasteiger partial charge is 0.416 e. The lowest BCUT2D eigenvalue weighted by molar-refractivity contribution is -0.137. The Balaban J connectivity index is 1.63. The van der Waals surface area contributed by atoms with Crippen molar-refractivity contribution in [2.75, 3.05) is 33.2 Å². The van der Waals surface area contributed by atoms with Crippen LogP contribution in [0.2, 0.25) is 0 Å². The van der Waals surface area contributed by atoms with Crippen molar-refractivity contribution in [2.24, 2.45) is 0 Å². The molecule has 6 nitrogen and oxygen atoms in total. The predicted molar refractivity (Wildman–Crippen MR) is 198 cm³/mol. The van der Waals surface area contributed by atoms with Crippen molar-refractivity contribution in [1.29, 1.82) is 0 Å². The number of likely N-dealkylation sites (tertiary alicyclic amines) is 1. The quantitative estimate of drug-likeness (QED) is 0.0940. The maximum atomic E-state index is 15.5. The van der Waals surface area contributed by atoms with E-state index in [2.05, 4.69) is 4.74 Å². The van der Waals surface area contributed by atoms with Crippen LogP contribution in [0.1, 0.15) is 59.7 Å². The highest BCUT2D eigenvalue weighted by Gasteiger charge is 2.31. The highest BCUT2D eigenvalue weighted by Crippen LogP contribution is 2.32. The number of pyridine rings is 1. The summed E-state index contributed by atoms with van der Waals surface area (Å²) in [5, 5.41) is -1.50. The van der Waals surface area contributed by atoms with E-state index in [0.717, 1.165) is 66.7 Å². The van der Waals surface area contributed by atoms with Gasteiger partial charge in [-0.1, -0.05) is 54.6 Å². The summed E-state index contributed by atoms with van der Waals surface area (Å²) >= 11 is 0.383. The van der Waals surface area contributed by atoms with Crippen LogP contribution in [0.4, 0.5) is 22.0 Å². The van der Waals surface area contributed by atoms with E-state index in [1.807, 2.05) is 0 Å². The molecule has 278 valence electrons. The van der Waals surface area contributed by atoms with Crippen molar-refractivity contribution < 1.29 is 56.2 Å². The first kappa shape index (κ1) is 21.4. The SMILES string of the molecule is [2H]c1c(C)c([2H])c2c(c1[2H])c(=O)c([2H])c(SCc1cccc(F)c1F)n2CC(=O)N(C([2H])([2H])c1ccc(-c2ccc(C(F)(F)F)cc2)cc1)C1([2H])C([2H])([2H])C([2H])([2H])N(CCOC([2H])([2H])[2H])C([2H])([2H])C1([2H])[2H]. The van der Waals surface area contributed by atoms with Crippen LogP contribution in [0.3, 0.4) is 0 Å². The fourth-order valence-electron chi connectivity index (χ4n) is 5.08. The number of benzene rings is 4. The number of piperidine rings is 1. The summed E-state index contributed by atoms with van der Waals surface area (Å²) in [7, 11) is -3.16. The molecule has 1 saturated heterocycles. The Labute approximate surface area is 334 Å². The zero-order valence-electron chi connectivity index (χ0n) is 45.5. The molecule has 53 heavy (non-hydrogen) atoms. The van der Waals surface area contributed by atoms with E-state index in [1.54, 1.807) is 0 Å². The Morgan fingerprint density at radius 3 is 2.43 bits per heavy atom. The summed E-state index contributed by atoms with van der Waals surface area (Å²) in [5.41, 5.74) is -4.17. The zero-order chi connectivity index (χ0) is 53.6. The number of hydrogen-bond acceptors (Lipinski definition) is 5. The summed E-state index contributed by atoms with van der Waals surface area (Å²) in [6.07, 6.45) is -13.3. The number of alkyl halides is 3. The van der Waals surface area contributed by atoms with Crippen LogP contribution in [0, 0.1) is 18.6 Å². The van der Waals surface area contributed by atoms with Gasteiger partial charge in [0.1, 0.15) is 6.54 Å². The molecule has 4 aromatic carbocycles. The van der Waals surface area contributed by atoms with Gasteiger partial charge in [-0.05, 0) is 72.2 Å². The number of rotatable bonds is 12. The molecule has 0 aliphatic carbocycles. The minimum absolute atomic E-state index is 0.124. The van der Waals surface area contributed by atoms with Gasteiger partial charge in [0.05, 0.1) is 36.4 Å². The van der Waals surface area contributed by atoms with Crippen LogP contribution < -0.4 is 5.43 Å². The molecule has 0 atom stereocenters. The summed E-state index contributed by atoms with van der Waals surface area (Å²) < 4.78 is 233. The van der Waals surface area contributed by atoms with Gasteiger partial charge in [0.25, 0.3) is 0 Å². The molecule has 0 N–H and O–H groups in total. The minimum Gasteiger partial charge on any atom is -0.383 e. The molecule has 1 amide bonds. The molecule has 0 spiro atoms. The molecule has 2 heterocycles. The number of amides is 1. The van der Waals surface area contributed by atoms with Crippen LogP contribution >= 0.6 is 11.8 Å². The highest BCUT2D eigenvalue weighted by molar-refractivity contribution is 7.98. The van der Waals surface area contributed by atoms with Gasteiger partial charge in [0, 0.05) is 72.8 Å². The lowest BCUT2D eigenvalue weighted by Crippen LogP contribution is -2.48. The first-order valence-electron chi connectivity index (χ1n) is 24.6. The Hall–Kier alpha value is -4.52. The normalized spacial score (nSPS) is 24.0.